The molecule has 0 aliphatic carbocycles. The Morgan fingerprint density at radius 1 is 0.839 bits per heavy atom. The number of rotatable bonds is 9. The lowest BCUT2D eigenvalue weighted by atomic mass is 10.0. The molecule has 7 heteroatoms. The molecule has 3 aromatic rings. The first kappa shape index (κ1) is 22.4. The first-order chi connectivity index (χ1) is 14.9. The molecule has 1 N–H and O–H groups in total. The van der Waals surface area contributed by atoms with Gasteiger partial charge in [0.1, 0.15) is 11.9 Å². The van der Waals surface area contributed by atoms with Gasteiger partial charge in [0.05, 0.1) is 0 Å². The van der Waals surface area contributed by atoms with Gasteiger partial charge in [0.2, 0.25) is 0 Å². The summed E-state index contributed by atoms with van der Waals surface area (Å²) in [7, 11) is 0. The van der Waals surface area contributed by atoms with Crippen LogP contribution >= 0.6 is 15.9 Å². The molecular formula is C24H19BrFNO4. The van der Waals surface area contributed by atoms with Crippen molar-refractivity contribution in [3.8, 4) is 0 Å². The van der Waals surface area contributed by atoms with Crippen molar-refractivity contribution in [2.24, 2.45) is 0 Å². The molecule has 31 heavy (non-hydrogen) atoms. The first-order valence-electron chi connectivity index (χ1n) is 9.48. The SMILES string of the molecule is O=C(COC(=O)C(CC(=O)c1ccccc1)Nc1ccc(F)cc1)c1ccc(Br)cc1. The lowest BCUT2D eigenvalue weighted by Crippen LogP contribution is -2.34. The molecule has 3 rings (SSSR count). The lowest BCUT2D eigenvalue weighted by Gasteiger charge is -2.18. The van der Waals surface area contributed by atoms with Gasteiger partial charge >= 0.3 is 5.97 Å². The summed E-state index contributed by atoms with van der Waals surface area (Å²) in [5, 5.41) is 2.90. The number of ketones is 2. The molecule has 0 amide bonds. The lowest BCUT2D eigenvalue weighted by molar-refractivity contribution is -0.143. The number of hydrogen-bond acceptors (Lipinski definition) is 5. The van der Waals surface area contributed by atoms with Crippen LogP contribution in [0, 0.1) is 5.82 Å². The van der Waals surface area contributed by atoms with E-state index < -0.39 is 24.4 Å². The number of Topliss-reactive ketones (excluding diaryl/α,β-unsaturated/α-hetero) is 2. The summed E-state index contributed by atoms with van der Waals surface area (Å²) in [5.41, 5.74) is 1.30. The van der Waals surface area contributed by atoms with Crippen molar-refractivity contribution in [3.63, 3.8) is 0 Å². The van der Waals surface area contributed by atoms with Crippen LogP contribution in [-0.4, -0.2) is 30.2 Å². The zero-order valence-electron chi connectivity index (χ0n) is 16.4. The third kappa shape index (κ3) is 6.58. The molecule has 0 saturated heterocycles. The number of ether oxygens (including phenoxy) is 1. The molecule has 0 saturated carbocycles. The maximum atomic E-state index is 13.2. The summed E-state index contributed by atoms with van der Waals surface area (Å²) in [6.07, 6.45) is -0.188. The van der Waals surface area contributed by atoms with Crippen LogP contribution in [0.4, 0.5) is 10.1 Å². The minimum Gasteiger partial charge on any atom is -0.456 e. The zero-order chi connectivity index (χ0) is 22.2. The molecule has 0 bridgehead atoms. The van der Waals surface area contributed by atoms with Crippen LogP contribution in [0.15, 0.2) is 83.3 Å². The molecule has 0 spiro atoms. The minimum atomic E-state index is -1.05. The number of esters is 1. The highest BCUT2D eigenvalue weighted by Crippen LogP contribution is 2.15. The molecule has 0 aliphatic rings. The summed E-state index contributed by atoms with van der Waals surface area (Å²) >= 11 is 3.29. The molecule has 0 heterocycles. The highest BCUT2D eigenvalue weighted by Gasteiger charge is 2.25. The molecule has 1 unspecified atom stereocenters. The average molecular weight is 484 g/mol. The fourth-order valence-electron chi connectivity index (χ4n) is 2.82. The normalized spacial score (nSPS) is 11.4. The van der Waals surface area contributed by atoms with Gasteiger partial charge in [-0.3, -0.25) is 9.59 Å². The molecule has 1 atom stereocenters. The number of anilines is 1. The Morgan fingerprint density at radius 3 is 2.10 bits per heavy atom. The summed E-state index contributed by atoms with van der Waals surface area (Å²) in [6, 6.07) is 19.5. The standard InChI is InChI=1S/C24H19BrFNO4/c25-18-8-6-17(7-9-18)23(29)15-31-24(30)21(27-20-12-10-19(26)11-13-20)14-22(28)16-4-2-1-3-5-16/h1-13,21,27H,14-15H2. The van der Waals surface area contributed by atoms with E-state index in [2.05, 4.69) is 21.2 Å². The van der Waals surface area contributed by atoms with Gasteiger partial charge in [0.15, 0.2) is 18.2 Å². The molecule has 0 radical (unpaired) electrons. The van der Waals surface area contributed by atoms with E-state index in [9.17, 15) is 18.8 Å². The highest BCUT2D eigenvalue weighted by molar-refractivity contribution is 9.10. The third-order valence-corrected chi connectivity index (χ3v) is 5.00. The molecule has 158 valence electrons. The largest absolute Gasteiger partial charge is 0.456 e. The smallest absolute Gasteiger partial charge is 0.329 e. The van der Waals surface area contributed by atoms with E-state index in [1.807, 2.05) is 0 Å². The Morgan fingerprint density at radius 2 is 1.45 bits per heavy atom. The predicted molar refractivity (Wildman–Crippen MR) is 119 cm³/mol. The number of nitrogens with one attached hydrogen (secondary N) is 1. The molecule has 3 aromatic carbocycles. The van der Waals surface area contributed by atoms with Crippen molar-refractivity contribution in [2.75, 3.05) is 11.9 Å². The van der Waals surface area contributed by atoms with Gasteiger partial charge in [0, 0.05) is 27.7 Å². The molecular weight excluding hydrogens is 465 g/mol. The Kier molecular flexibility index (Phi) is 7.67. The van der Waals surface area contributed by atoms with Crippen LogP contribution in [0.3, 0.4) is 0 Å². The van der Waals surface area contributed by atoms with Crippen LogP contribution in [0.5, 0.6) is 0 Å². The van der Waals surface area contributed by atoms with Gasteiger partial charge in [-0.2, -0.15) is 0 Å². The topological polar surface area (TPSA) is 72.5 Å². The molecule has 0 aliphatic heterocycles. The fraction of sp³-hybridized carbons (Fsp3) is 0.125. The maximum absolute atomic E-state index is 13.2. The Balaban J connectivity index is 1.70. The fourth-order valence-corrected chi connectivity index (χ4v) is 3.09. The molecule has 0 fully saturated rings. The first-order valence-corrected chi connectivity index (χ1v) is 10.3. The summed E-state index contributed by atoms with van der Waals surface area (Å²) in [5.74, 6) is -1.81. The summed E-state index contributed by atoms with van der Waals surface area (Å²) in [4.78, 5) is 37.6. The van der Waals surface area contributed by atoms with Gasteiger partial charge < -0.3 is 10.1 Å². The van der Waals surface area contributed by atoms with Crippen molar-refractivity contribution in [1.29, 1.82) is 0 Å². The van der Waals surface area contributed by atoms with E-state index in [4.69, 9.17) is 4.74 Å². The Bertz CT molecular complexity index is 1050. The number of carbonyl (C=O) groups excluding carboxylic acids is 3. The maximum Gasteiger partial charge on any atom is 0.329 e. The number of carbonyl (C=O) groups is 3. The van der Waals surface area contributed by atoms with Crippen LogP contribution in [0.2, 0.25) is 0 Å². The van der Waals surface area contributed by atoms with Gasteiger partial charge in [-0.05, 0) is 36.4 Å². The van der Waals surface area contributed by atoms with E-state index in [-0.39, 0.29) is 18.0 Å². The highest BCUT2D eigenvalue weighted by atomic mass is 79.9. The molecule has 5 nitrogen and oxygen atoms in total. The van der Waals surface area contributed by atoms with Crippen LogP contribution in [0.1, 0.15) is 27.1 Å². The Hall–Kier alpha value is -3.32. The van der Waals surface area contributed by atoms with Gasteiger partial charge in [-0.15, -0.1) is 0 Å². The third-order valence-electron chi connectivity index (χ3n) is 4.47. The number of hydrogen-bond donors (Lipinski definition) is 1. The predicted octanol–water partition coefficient (Wildman–Crippen LogP) is 5.07. The van der Waals surface area contributed by atoms with Crippen molar-refractivity contribution < 1.29 is 23.5 Å². The monoisotopic (exact) mass is 483 g/mol. The second kappa shape index (κ2) is 10.6. The van der Waals surface area contributed by atoms with Crippen molar-refractivity contribution in [1.82, 2.24) is 0 Å². The second-order valence-corrected chi connectivity index (χ2v) is 7.65. The number of halogens is 2. The Labute approximate surface area is 187 Å². The van der Waals surface area contributed by atoms with Gasteiger partial charge in [-0.1, -0.05) is 58.4 Å². The quantitative estimate of drug-likeness (QED) is 0.339. The summed E-state index contributed by atoms with van der Waals surface area (Å²) in [6.45, 7) is -0.457. The van der Waals surface area contributed by atoms with E-state index in [0.29, 0.717) is 16.8 Å². The van der Waals surface area contributed by atoms with E-state index >= 15 is 0 Å². The van der Waals surface area contributed by atoms with E-state index in [1.165, 1.54) is 24.3 Å². The average Bonchev–Trinajstić information content (AvgIpc) is 2.79. The van der Waals surface area contributed by atoms with Crippen molar-refractivity contribution >= 4 is 39.2 Å². The van der Waals surface area contributed by atoms with Crippen LogP contribution < -0.4 is 5.32 Å². The van der Waals surface area contributed by atoms with Crippen LogP contribution in [-0.2, 0) is 9.53 Å². The van der Waals surface area contributed by atoms with Crippen molar-refractivity contribution in [2.45, 2.75) is 12.5 Å². The van der Waals surface area contributed by atoms with Crippen LogP contribution in [0.25, 0.3) is 0 Å². The summed E-state index contributed by atoms with van der Waals surface area (Å²) < 4.78 is 19.2. The van der Waals surface area contributed by atoms with Gasteiger partial charge in [0.25, 0.3) is 0 Å². The minimum absolute atomic E-state index is 0.188. The zero-order valence-corrected chi connectivity index (χ0v) is 18.0. The van der Waals surface area contributed by atoms with E-state index in [1.54, 1.807) is 54.6 Å². The molecule has 0 aromatic heterocycles. The second-order valence-electron chi connectivity index (χ2n) is 6.73. The van der Waals surface area contributed by atoms with Gasteiger partial charge in [-0.25, -0.2) is 9.18 Å². The number of benzene rings is 3. The van der Waals surface area contributed by atoms with E-state index in [0.717, 1.165) is 4.47 Å². The van der Waals surface area contributed by atoms with Crippen molar-refractivity contribution in [3.05, 3.63) is 100 Å².